The number of carbonyl (C=O) groups excluding carboxylic acids is 1. The molecule has 6 nitrogen and oxygen atoms in total. The zero-order valence-electron chi connectivity index (χ0n) is 12.0. The van der Waals surface area contributed by atoms with E-state index in [4.69, 9.17) is 0 Å². The van der Waals surface area contributed by atoms with Crippen molar-refractivity contribution in [1.82, 2.24) is 10.0 Å². The van der Waals surface area contributed by atoms with E-state index in [0.717, 1.165) is 44.7 Å². The Hall–Kier alpha value is -1.22. The van der Waals surface area contributed by atoms with Gasteiger partial charge in [0, 0.05) is 12.6 Å². The van der Waals surface area contributed by atoms with E-state index in [-0.39, 0.29) is 30.6 Å². The van der Waals surface area contributed by atoms with E-state index in [1.807, 2.05) is 0 Å². The lowest BCUT2D eigenvalue weighted by Gasteiger charge is -2.14. The first-order chi connectivity index (χ1) is 9.94. The van der Waals surface area contributed by atoms with Gasteiger partial charge in [0.1, 0.15) is 5.82 Å². The van der Waals surface area contributed by atoms with Gasteiger partial charge in [0.25, 0.3) is 0 Å². The zero-order chi connectivity index (χ0) is 15.5. The molecule has 1 unspecified atom stereocenters. The van der Waals surface area contributed by atoms with Crippen LogP contribution < -0.4 is 10.0 Å². The van der Waals surface area contributed by atoms with Crippen molar-refractivity contribution in [3.05, 3.63) is 29.6 Å². The van der Waals surface area contributed by atoms with Gasteiger partial charge in [-0.25, -0.2) is 22.3 Å². The number of carbonyl (C=O) groups is 1. The molecule has 1 saturated heterocycles. The number of hydrogen-bond acceptors (Lipinski definition) is 5. The van der Waals surface area contributed by atoms with E-state index in [9.17, 15) is 17.6 Å². The van der Waals surface area contributed by atoms with Crippen LogP contribution in [0, 0.1) is 5.82 Å². The number of halogens is 2. The van der Waals surface area contributed by atoms with Crippen molar-refractivity contribution >= 4 is 28.4 Å². The van der Waals surface area contributed by atoms with Crippen LogP contribution in [0.4, 0.5) is 4.39 Å². The van der Waals surface area contributed by atoms with E-state index < -0.39 is 26.7 Å². The van der Waals surface area contributed by atoms with Crippen LogP contribution in [0.5, 0.6) is 0 Å². The number of methoxy groups -OCH3 is 1. The highest BCUT2D eigenvalue weighted by molar-refractivity contribution is 7.89. The maximum Gasteiger partial charge on any atom is 0.339 e. The molecule has 1 atom stereocenters. The quantitative estimate of drug-likeness (QED) is 0.774. The van der Waals surface area contributed by atoms with Crippen LogP contribution in [0.3, 0.4) is 0 Å². The van der Waals surface area contributed by atoms with Crippen molar-refractivity contribution in [3.63, 3.8) is 0 Å². The Morgan fingerprint density at radius 2 is 2.23 bits per heavy atom. The van der Waals surface area contributed by atoms with Crippen LogP contribution in [0.1, 0.15) is 23.2 Å². The molecular weight excluding hydrogens is 335 g/mol. The summed E-state index contributed by atoms with van der Waals surface area (Å²) in [5.41, 5.74) is -0.189. The summed E-state index contributed by atoms with van der Waals surface area (Å²) >= 11 is 0. The molecule has 1 aromatic rings. The fourth-order valence-electron chi connectivity index (χ4n) is 2.22. The third-order valence-corrected chi connectivity index (χ3v) is 4.78. The van der Waals surface area contributed by atoms with E-state index in [1.54, 1.807) is 0 Å². The van der Waals surface area contributed by atoms with Crippen LogP contribution in [-0.4, -0.2) is 40.6 Å². The molecule has 1 fully saturated rings. The SMILES string of the molecule is COC(=O)c1ccc(F)cc1S(=O)(=O)NCC1CCCN1.Cl. The lowest BCUT2D eigenvalue weighted by atomic mass is 10.2. The topological polar surface area (TPSA) is 84.5 Å². The second-order valence-corrected chi connectivity index (χ2v) is 6.51. The fourth-order valence-corrected chi connectivity index (χ4v) is 3.50. The lowest BCUT2D eigenvalue weighted by molar-refractivity contribution is 0.0596. The number of esters is 1. The molecule has 0 aliphatic carbocycles. The van der Waals surface area contributed by atoms with Crippen molar-refractivity contribution in [1.29, 1.82) is 0 Å². The highest BCUT2D eigenvalue weighted by atomic mass is 35.5. The monoisotopic (exact) mass is 352 g/mol. The molecule has 0 spiro atoms. The van der Waals surface area contributed by atoms with Crippen molar-refractivity contribution in [2.24, 2.45) is 0 Å². The molecule has 0 saturated carbocycles. The number of nitrogens with one attached hydrogen (secondary N) is 2. The molecule has 1 aliphatic rings. The summed E-state index contributed by atoms with van der Waals surface area (Å²) in [7, 11) is -2.85. The van der Waals surface area contributed by atoms with Crippen LogP contribution in [0.2, 0.25) is 0 Å². The summed E-state index contributed by atoms with van der Waals surface area (Å²) in [4.78, 5) is 11.2. The Morgan fingerprint density at radius 3 is 2.82 bits per heavy atom. The number of benzene rings is 1. The van der Waals surface area contributed by atoms with Crippen molar-refractivity contribution in [3.8, 4) is 0 Å². The minimum atomic E-state index is -3.99. The number of sulfonamides is 1. The van der Waals surface area contributed by atoms with Gasteiger partial charge in [-0.1, -0.05) is 0 Å². The first kappa shape index (κ1) is 18.8. The smallest absolute Gasteiger partial charge is 0.339 e. The minimum absolute atomic E-state index is 0. The summed E-state index contributed by atoms with van der Waals surface area (Å²) in [6.07, 6.45) is 1.86. The highest BCUT2D eigenvalue weighted by Gasteiger charge is 2.25. The van der Waals surface area contributed by atoms with E-state index in [2.05, 4.69) is 14.8 Å². The maximum absolute atomic E-state index is 13.3. The standard InChI is InChI=1S/C13H17FN2O4S.ClH/c1-20-13(17)11-5-4-9(14)7-12(11)21(18,19)16-8-10-3-2-6-15-10;/h4-5,7,10,15-16H,2-3,6,8H2,1H3;1H. The molecule has 22 heavy (non-hydrogen) atoms. The first-order valence-corrected chi connectivity index (χ1v) is 8.03. The van der Waals surface area contributed by atoms with Gasteiger partial charge in [0.15, 0.2) is 0 Å². The van der Waals surface area contributed by atoms with Gasteiger partial charge in [-0.3, -0.25) is 0 Å². The Labute approximate surface area is 134 Å². The van der Waals surface area contributed by atoms with Crippen LogP contribution >= 0.6 is 12.4 Å². The van der Waals surface area contributed by atoms with Gasteiger partial charge in [0.2, 0.25) is 10.0 Å². The zero-order valence-corrected chi connectivity index (χ0v) is 13.6. The van der Waals surface area contributed by atoms with Crippen molar-refractivity contribution < 1.29 is 22.3 Å². The lowest BCUT2D eigenvalue weighted by Crippen LogP contribution is -2.37. The molecule has 1 aromatic carbocycles. The van der Waals surface area contributed by atoms with Gasteiger partial charge in [-0.15, -0.1) is 12.4 Å². The summed E-state index contributed by atoms with van der Waals surface area (Å²) in [5, 5.41) is 3.15. The largest absolute Gasteiger partial charge is 0.465 e. The maximum atomic E-state index is 13.3. The molecule has 0 radical (unpaired) electrons. The summed E-state index contributed by atoms with van der Waals surface area (Å²) in [6, 6.07) is 2.99. The Morgan fingerprint density at radius 1 is 1.50 bits per heavy atom. The molecular formula is C13H18ClFN2O4S. The van der Waals surface area contributed by atoms with E-state index >= 15 is 0 Å². The Bertz CT molecular complexity index is 633. The molecule has 9 heteroatoms. The van der Waals surface area contributed by atoms with Crippen LogP contribution in [0.15, 0.2) is 23.1 Å². The molecule has 0 aromatic heterocycles. The minimum Gasteiger partial charge on any atom is -0.465 e. The second-order valence-electron chi connectivity index (χ2n) is 4.78. The third kappa shape index (κ3) is 4.39. The van der Waals surface area contributed by atoms with Crippen LogP contribution in [-0.2, 0) is 14.8 Å². The number of hydrogen-bond donors (Lipinski definition) is 2. The van der Waals surface area contributed by atoms with Gasteiger partial charge in [0.05, 0.1) is 17.6 Å². The summed E-state index contributed by atoms with van der Waals surface area (Å²) in [6.45, 7) is 1.04. The predicted octanol–water partition coefficient (Wildman–Crippen LogP) is 1.06. The normalized spacial score (nSPS) is 17.8. The molecule has 0 amide bonds. The van der Waals surface area contributed by atoms with Gasteiger partial charge >= 0.3 is 5.97 Å². The fraction of sp³-hybridized carbons (Fsp3) is 0.462. The van der Waals surface area contributed by atoms with Gasteiger partial charge in [-0.05, 0) is 37.6 Å². The summed E-state index contributed by atoms with van der Waals surface area (Å²) in [5.74, 6) is -1.56. The highest BCUT2D eigenvalue weighted by Crippen LogP contribution is 2.18. The number of ether oxygens (including phenoxy) is 1. The summed E-state index contributed by atoms with van der Waals surface area (Å²) < 4.78 is 44.8. The van der Waals surface area contributed by atoms with Crippen molar-refractivity contribution in [2.45, 2.75) is 23.8 Å². The third-order valence-electron chi connectivity index (χ3n) is 3.32. The predicted molar refractivity (Wildman–Crippen MR) is 81.2 cm³/mol. The van der Waals surface area contributed by atoms with Crippen LogP contribution in [0.25, 0.3) is 0 Å². The second kappa shape index (κ2) is 7.87. The molecule has 2 N–H and O–H groups in total. The molecule has 1 heterocycles. The van der Waals surface area contributed by atoms with Gasteiger partial charge in [-0.2, -0.15) is 0 Å². The average Bonchev–Trinajstić information content (AvgIpc) is 2.98. The van der Waals surface area contributed by atoms with Crippen molar-refractivity contribution in [2.75, 3.05) is 20.2 Å². The first-order valence-electron chi connectivity index (χ1n) is 6.55. The Balaban J connectivity index is 0.00000242. The molecule has 0 bridgehead atoms. The number of rotatable bonds is 5. The van der Waals surface area contributed by atoms with Gasteiger partial charge < -0.3 is 10.1 Å². The molecule has 1 aliphatic heterocycles. The molecule has 124 valence electrons. The molecule has 2 rings (SSSR count). The van der Waals surface area contributed by atoms with E-state index in [0.29, 0.717) is 0 Å². The Kier molecular flexibility index (Phi) is 6.73. The average molecular weight is 353 g/mol. The van der Waals surface area contributed by atoms with E-state index in [1.165, 1.54) is 0 Å².